The molecule has 0 fully saturated rings. The van der Waals surface area contributed by atoms with E-state index in [0.717, 1.165) is 17.7 Å². The maximum absolute atomic E-state index is 12.8. The molecular weight excluding hydrogens is 353 g/mol. The van der Waals surface area contributed by atoms with Crippen LogP contribution in [0.3, 0.4) is 0 Å². The van der Waals surface area contributed by atoms with Crippen LogP contribution < -0.4 is 5.73 Å². The summed E-state index contributed by atoms with van der Waals surface area (Å²) in [5.74, 6) is -0.432. The predicted octanol–water partition coefficient (Wildman–Crippen LogP) is 4.12. The smallest absolute Gasteiger partial charge is 0.334 e. The lowest BCUT2D eigenvalue weighted by molar-refractivity contribution is -0.137. The Labute approximate surface area is 151 Å². The molecule has 0 aliphatic heterocycles. The van der Waals surface area contributed by atoms with Crippen molar-refractivity contribution >= 4 is 18.3 Å². The van der Waals surface area contributed by atoms with Gasteiger partial charge in [0.2, 0.25) is 0 Å². The number of carbonyl (C=O) groups excluding carboxylic acids is 1. The Kier molecular flexibility index (Phi) is 7.93. The molecule has 0 aliphatic carbocycles. The second-order valence-corrected chi connectivity index (χ2v) is 5.43. The number of halogens is 4. The molecule has 0 bridgehead atoms. The molecule has 2 N–H and O–H groups in total. The molecule has 0 aliphatic rings. The molecule has 1 amide bonds. The molecule has 136 valence electrons. The number of hydrogen-bond donors (Lipinski definition) is 1. The topological polar surface area (TPSA) is 46.3 Å². The van der Waals surface area contributed by atoms with Crippen molar-refractivity contribution in [3.63, 3.8) is 0 Å². The highest BCUT2D eigenvalue weighted by molar-refractivity contribution is 5.94. The number of alkyl halides is 3. The Morgan fingerprint density at radius 3 is 2.32 bits per heavy atom. The summed E-state index contributed by atoms with van der Waals surface area (Å²) in [6.07, 6.45) is -3.89. The number of hydrogen-bond acceptors (Lipinski definition) is 2. The summed E-state index contributed by atoms with van der Waals surface area (Å²) in [6.45, 7) is 1.12. The van der Waals surface area contributed by atoms with E-state index in [2.05, 4.69) is 0 Å². The highest BCUT2D eigenvalue weighted by Crippen LogP contribution is 2.29. The number of rotatable bonds is 6. The largest absolute Gasteiger partial charge is 0.416 e. The van der Waals surface area contributed by atoms with Crippen LogP contribution in [0, 0.1) is 0 Å². The normalized spacial score (nSPS) is 10.9. The number of nitrogens with zero attached hydrogens (tertiary/aromatic N) is 1. The summed E-state index contributed by atoms with van der Waals surface area (Å²) < 4.78 is 38.5. The van der Waals surface area contributed by atoms with Crippen LogP contribution in [0.1, 0.15) is 27.9 Å². The van der Waals surface area contributed by atoms with E-state index in [0.29, 0.717) is 26.1 Å². The fraction of sp³-hybridized carbons (Fsp3) is 0.278. The first-order valence-corrected chi connectivity index (χ1v) is 7.62. The van der Waals surface area contributed by atoms with Crippen LogP contribution in [0.15, 0.2) is 54.6 Å². The zero-order valence-electron chi connectivity index (χ0n) is 13.5. The summed E-state index contributed by atoms with van der Waals surface area (Å²) in [6, 6.07) is 13.8. The van der Waals surface area contributed by atoms with E-state index >= 15 is 0 Å². The van der Waals surface area contributed by atoms with Gasteiger partial charge >= 0.3 is 6.18 Å². The molecule has 2 aromatic carbocycles. The molecule has 0 saturated heterocycles. The molecule has 0 spiro atoms. The average Bonchev–Trinajstić information content (AvgIpc) is 2.58. The monoisotopic (exact) mass is 372 g/mol. The van der Waals surface area contributed by atoms with Crippen LogP contribution in [0.2, 0.25) is 0 Å². The molecule has 0 saturated carbocycles. The molecule has 0 aromatic heterocycles. The molecule has 3 nitrogen and oxygen atoms in total. The highest BCUT2D eigenvalue weighted by Gasteiger charge is 2.31. The Morgan fingerprint density at radius 1 is 1.04 bits per heavy atom. The summed E-state index contributed by atoms with van der Waals surface area (Å²) in [5.41, 5.74) is 5.61. The third-order valence-electron chi connectivity index (χ3n) is 3.57. The fourth-order valence-electron chi connectivity index (χ4n) is 2.35. The highest BCUT2D eigenvalue weighted by atomic mass is 35.5. The van der Waals surface area contributed by atoms with E-state index in [1.54, 1.807) is 0 Å². The lowest BCUT2D eigenvalue weighted by Gasteiger charge is -2.23. The van der Waals surface area contributed by atoms with E-state index < -0.39 is 17.6 Å². The van der Waals surface area contributed by atoms with E-state index in [4.69, 9.17) is 5.73 Å². The van der Waals surface area contributed by atoms with Crippen molar-refractivity contribution < 1.29 is 18.0 Å². The van der Waals surface area contributed by atoms with Gasteiger partial charge in [-0.1, -0.05) is 36.4 Å². The van der Waals surface area contributed by atoms with Gasteiger partial charge in [-0.15, -0.1) is 12.4 Å². The number of nitrogens with two attached hydrogens (primary N) is 1. The van der Waals surface area contributed by atoms with Gasteiger partial charge in [0.15, 0.2) is 0 Å². The van der Waals surface area contributed by atoms with Gasteiger partial charge in [0.25, 0.3) is 5.91 Å². The molecule has 7 heteroatoms. The Hall–Kier alpha value is -2.05. The van der Waals surface area contributed by atoms with Crippen molar-refractivity contribution in [2.75, 3.05) is 13.1 Å². The van der Waals surface area contributed by atoms with Crippen molar-refractivity contribution in [2.45, 2.75) is 19.1 Å². The zero-order valence-corrected chi connectivity index (χ0v) is 14.3. The van der Waals surface area contributed by atoms with E-state index in [1.807, 2.05) is 30.3 Å². The lowest BCUT2D eigenvalue weighted by atomic mass is 10.1. The standard InChI is InChI=1S/C18H19F3N2O.ClH/c19-18(20,21)16-9-4-8-15(12-16)17(24)23(11-5-10-22)13-14-6-2-1-3-7-14;/h1-4,6-9,12H,5,10-11,13,22H2;1H. The summed E-state index contributed by atoms with van der Waals surface area (Å²) in [7, 11) is 0. The third kappa shape index (κ3) is 6.07. The molecule has 0 radical (unpaired) electrons. The Bertz CT molecular complexity index is 678. The second-order valence-electron chi connectivity index (χ2n) is 5.43. The maximum Gasteiger partial charge on any atom is 0.416 e. The van der Waals surface area contributed by atoms with Gasteiger partial charge in [0.1, 0.15) is 0 Å². The predicted molar refractivity (Wildman–Crippen MR) is 93.5 cm³/mol. The minimum atomic E-state index is -4.47. The Morgan fingerprint density at radius 2 is 1.72 bits per heavy atom. The number of amides is 1. The number of carbonyl (C=O) groups is 1. The average molecular weight is 373 g/mol. The van der Waals surface area contributed by atoms with Crippen molar-refractivity contribution in [3.8, 4) is 0 Å². The summed E-state index contributed by atoms with van der Waals surface area (Å²) in [4.78, 5) is 14.2. The van der Waals surface area contributed by atoms with Crippen LogP contribution in [-0.4, -0.2) is 23.9 Å². The van der Waals surface area contributed by atoms with Gasteiger partial charge in [0.05, 0.1) is 5.56 Å². The van der Waals surface area contributed by atoms with Crippen molar-refractivity contribution in [1.82, 2.24) is 4.90 Å². The van der Waals surface area contributed by atoms with Gasteiger partial charge in [-0.25, -0.2) is 0 Å². The first kappa shape index (κ1) is 21.0. The van der Waals surface area contributed by atoms with Gasteiger partial charge in [-0.3, -0.25) is 4.79 Å². The molecule has 0 heterocycles. The van der Waals surface area contributed by atoms with Crippen LogP contribution >= 0.6 is 12.4 Å². The van der Waals surface area contributed by atoms with Gasteiger partial charge in [0, 0.05) is 18.7 Å². The van der Waals surface area contributed by atoms with Crippen LogP contribution in [-0.2, 0) is 12.7 Å². The minimum Gasteiger partial charge on any atom is -0.334 e. The van der Waals surface area contributed by atoms with E-state index in [1.165, 1.54) is 17.0 Å². The molecular formula is C18H20ClF3N2O. The van der Waals surface area contributed by atoms with Gasteiger partial charge in [-0.05, 0) is 36.7 Å². The first-order valence-electron chi connectivity index (χ1n) is 7.62. The van der Waals surface area contributed by atoms with E-state index in [-0.39, 0.29) is 18.0 Å². The molecule has 2 rings (SSSR count). The lowest BCUT2D eigenvalue weighted by Crippen LogP contribution is -2.32. The van der Waals surface area contributed by atoms with Gasteiger partial charge in [-0.2, -0.15) is 13.2 Å². The zero-order chi connectivity index (χ0) is 17.6. The summed E-state index contributed by atoms with van der Waals surface area (Å²) in [5, 5.41) is 0. The van der Waals surface area contributed by atoms with Crippen molar-refractivity contribution in [1.29, 1.82) is 0 Å². The molecule has 0 unspecified atom stereocenters. The van der Waals surface area contributed by atoms with Crippen LogP contribution in [0.5, 0.6) is 0 Å². The second kappa shape index (κ2) is 9.44. The quantitative estimate of drug-likeness (QED) is 0.829. The molecule has 0 atom stereocenters. The van der Waals surface area contributed by atoms with Gasteiger partial charge < -0.3 is 10.6 Å². The third-order valence-corrected chi connectivity index (χ3v) is 3.57. The Balaban J connectivity index is 0.00000312. The molecule has 2 aromatic rings. The van der Waals surface area contributed by atoms with Crippen LogP contribution in [0.25, 0.3) is 0 Å². The SMILES string of the molecule is Cl.NCCCN(Cc1ccccc1)C(=O)c1cccc(C(F)(F)F)c1. The summed E-state index contributed by atoms with van der Waals surface area (Å²) >= 11 is 0. The number of benzene rings is 2. The first-order chi connectivity index (χ1) is 11.4. The maximum atomic E-state index is 12.8. The fourth-order valence-corrected chi connectivity index (χ4v) is 2.35. The van der Waals surface area contributed by atoms with Crippen molar-refractivity contribution in [3.05, 3.63) is 71.3 Å². The van der Waals surface area contributed by atoms with Crippen molar-refractivity contribution in [2.24, 2.45) is 5.73 Å². The van der Waals surface area contributed by atoms with E-state index in [9.17, 15) is 18.0 Å². The van der Waals surface area contributed by atoms with Crippen LogP contribution in [0.4, 0.5) is 13.2 Å². The molecule has 25 heavy (non-hydrogen) atoms. The minimum absolute atomic E-state index is 0.